The average Bonchev–Trinajstić information content (AvgIpc) is 2.01. The Morgan fingerprint density at radius 2 is 2.25 bits per heavy atom. The number of carboxylic acids is 1. The van der Waals surface area contributed by atoms with E-state index in [4.69, 9.17) is 5.11 Å². The minimum atomic E-state index is -1.15. The molecule has 0 fully saturated rings. The Morgan fingerprint density at radius 1 is 1.67 bits per heavy atom. The molecule has 0 heterocycles. The predicted molar refractivity (Wildman–Crippen MR) is 42.6 cm³/mol. The number of ether oxygens (including phenoxy) is 1. The van der Waals surface area contributed by atoms with Gasteiger partial charge >= 0.3 is 11.9 Å². The van der Waals surface area contributed by atoms with Crippen molar-refractivity contribution in [2.75, 3.05) is 6.61 Å². The van der Waals surface area contributed by atoms with Gasteiger partial charge in [0.2, 0.25) is 0 Å². The molecule has 4 heteroatoms. The lowest BCUT2D eigenvalue weighted by Crippen LogP contribution is -2.25. The molecule has 12 heavy (non-hydrogen) atoms. The van der Waals surface area contributed by atoms with Crippen molar-refractivity contribution in [2.24, 2.45) is 5.92 Å². The third-order valence-electron chi connectivity index (χ3n) is 1.33. The summed E-state index contributed by atoms with van der Waals surface area (Å²) >= 11 is 0. The van der Waals surface area contributed by atoms with E-state index in [-0.39, 0.29) is 13.0 Å². The maximum Gasteiger partial charge on any atom is 0.320 e. The topological polar surface area (TPSA) is 63.6 Å². The molecule has 0 bridgehead atoms. The van der Waals surface area contributed by atoms with E-state index in [0.717, 1.165) is 0 Å². The molecule has 1 atom stereocenters. The highest BCUT2D eigenvalue weighted by molar-refractivity contribution is 5.93. The maximum atomic E-state index is 10.9. The standard InChI is InChI=1S/C8H12O4/c1-3-5-12-8(11)6(4-2)7(9)10/h3,6H,1,4-5H2,2H3,(H,9,10). The molecule has 0 saturated heterocycles. The molecule has 0 aliphatic carbocycles. The molecule has 0 rings (SSSR count). The van der Waals surface area contributed by atoms with Crippen molar-refractivity contribution >= 4 is 11.9 Å². The molecule has 68 valence electrons. The minimum absolute atomic E-state index is 0.0581. The van der Waals surface area contributed by atoms with Gasteiger partial charge in [0.25, 0.3) is 0 Å². The van der Waals surface area contributed by atoms with Crippen LogP contribution in [0.1, 0.15) is 13.3 Å². The molecule has 0 aliphatic rings. The van der Waals surface area contributed by atoms with E-state index in [1.165, 1.54) is 6.08 Å². The summed E-state index contributed by atoms with van der Waals surface area (Å²) in [5.74, 6) is -2.90. The lowest BCUT2D eigenvalue weighted by Gasteiger charge is -2.07. The molecule has 0 spiro atoms. The highest BCUT2D eigenvalue weighted by atomic mass is 16.5. The third kappa shape index (κ3) is 3.18. The Balaban J connectivity index is 4.03. The van der Waals surface area contributed by atoms with Crippen LogP contribution in [-0.2, 0) is 14.3 Å². The van der Waals surface area contributed by atoms with E-state index in [2.05, 4.69) is 11.3 Å². The van der Waals surface area contributed by atoms with E-state index in [9.17, 15) is 9.59 Å². The molecular weight excluding hydrogens is 160 g/mol. The third-order valence-corrected chi connectivity index (χ3v) is 1.33. The molecule has 0 aromatic carbocycles. The van der Waals surface area contributed by atoms with Gasteiger partial charge in [-0.05, 0) is 6.42 Å². The Labute approximate surface area is 70.8 Å². The fraction of sp³-hybridized carbons (Fsp3) is 0.500. The second kappa shape index (κ2) is 5.35. The van der Waals surface area contributed by atoms with Crippen LogP contribution in [-0.4, -0.2) is 23.7 Å². The van der Waals surface area contributed by atoms with Gasteiger partial charge in [0.05, 0.1) is 0 Å². The van der Waals surface area contributed by atoms with Crippen LogP contribution in [0.3, 0.4) is 0 Å². The highest BCUT2D eigenvalue weighted by Gasteiger charge is 2.25. The first kappa shape index (κ1) is 10.7. The summed E-state index contributed by atoms with van der Waals surface area (Å²) in [5.41, 5.74) is 0. The predicted octanol–water partition coefficient (Wildman–Crippen LogP) is 0.826. The monoisotopic (exact) mass is 172 g/mol. The van der Waals surface area contributed by atoms with Crippen molar-refractivity contribution in [3.8, 4) is 0 Å². The van der Waals surface area contributed by atoms with Crippen LogP contribution in [0.2, 0.25) is 0 Å². The molecule has 1 unspecified atom stereocenters. The number of hydrogen-bond donors (Lipinski definition) is 1. The van der Waals surface area contributed by atoms with Gasteiger partial charge in [0, 0.05) is 0 Å². The van der Waals surface area contributed by atoms with E-state index >= 15 is 0 Å². The fourth-order valence-corrected chi connectivity index (χ4v) is 0.684. The zero-order valence-corrected chi connectivity index (χ0v) is 6.95. The van der Waals surface area contributed by atoms with Crippen molar-refractivity contribution in [3.05, 3.63) is 12.7 Å². The van der Waals surface area contributed by atoms with Gasteiger partial charge in [0.15, 0.2) is 5.92 Å². The van der Waals surface area contributed by atoms with Crippen LogP contribution in [0.5, 0.6) is 0 Å². The van der Waals surface area contributed by atoms with Crippen LogP contribution in [0.15, 0.2) is 12.7 Å². The Hall–Kier alpha value is -1.32. The number of hydrogen-bond acceptors (Lipinski definition) is 3. The smallest absolute Gasteiger partial charge is 0.320 e. The normalized spacial score (nSPS) is 11.8. The van der Waals surface area contributed by atoms with Gasteiger partial charge in [-0.15, -0.1) is 0 Å². The van der Waals surface area contributed by atoms with Crippen molar-refractivity contribution in [2.45, 2.75) is 13.3 Å². The lowest BCUT2D eigenvalue weighted by molar-refractivity contribution is -0.157. The number of carboxylic acid groups (broad SMARTS) is 1. The minimum Gasteiger partial charge on any atom is -0.481 e. The Morgan fingerprint density at radius 3 is 2.58 bits per heavy atom. The van der Waals surface area contributed by atoms with Gasteiger partial charge in [-0.3, -0.25) is 9.59 Å². The molecule has 0 aromatic rings. The van der Waals surface area contributed by atoms with Crippen LogP contribution >= 0.6 is 0 Å². The summed E-state index contributed by atoms with van der Waals surface area (Å²) in [7, 11) is 0. The molecule has 0 aromatic heterocycles. The summed E-state index contributed by atoms with van der Waals surface area (Å²) in [6, 6.07) is 0. The van der Waals surface area contributed by atoms with Gasteiger partial charge in [-0.25, -0.2) is 0 Å². The second-order valence-electron chi connectivity index (χ2n) is 2.22. The summed E-state index contributed by atoms with van der Waals surface area (Å²) < 4.78 is 4.57. The quantitative estimate of drug-likeness (QED) is 0.379. The van der Waals surface area contributed by atoms with Gasteiger partial charge in [0.1, 0.15) is 6.61 Å². The largest absolute Gasteiger partial charge is 0.481 e. The van der Waals surface area contributed by atoms with E-state index < -0.39 is 17.9 Å². The number of rotatable bonds is 5. The molecule has 1 N–H and O–H groups in total. The van der Waals surface area contributed by atoms with Gasteiger partial charge < -0.3 is 9.84 Å². The molecule has 0 aliphatic heterocycles. The first-order valence-electron chi connectivity index (χ1n) is 3.63. The van der Waals surface area contributed by atoms with Crippen LogP contribution in [0, 0.1) is 5.92 Å². The van der Waals surface area contributed by atoms with E-state index in [0.29, 0.717) is 0 Å². The molecule has 0 saturated carbocycles. The van der Waals surface area contributed by atoms with Crippen molar-refractivity contribution in [3.63, 3.8) is 0 Å². The van der Waals surface area contributed by atoms with Crippen LogP contribution in [0.25, 0.3) is 0 Å². The van der Waals surface area contributed by atoms with E-state index in [1.54, 1.807) is 6.92 Å². The maximum absolute atomic E-state index is 10.9. The Bertz CT molecular complexity index is 185. The summed E-state index contributed by atoms with van der Waals surface area (Å²) in [6.45, 7) is 5.02. The van der Waals surface area contributed by atoms with Crippen LogP contribution in [0.4, 0.5) is 0 Å². The lowest BCUT2D eigenvalue weighted by atomic mass is 10.1. The zero-order valence-electron chi connectivity index (χ0n) is 6.95. The van der Waals surface area contributed by atoms with Crippen molar-refractivity contribution < 1.29 is 19.4 Å². The van der Waals surface area contributed by atoms with Crippen molar-refractivity contribution in [1.29, 1.82) is 0 Å². The van der Waals surface area contributed by atoms with Crippen molar-refractivity contribution in [1.82, 2.24) is 0 Å². The molecule has 0 amide bonds. The first-order chi connectivity index (χ1) is 5.63. The fourth-order valence-electron chi connectivity index (χ4n) is 0.684. The first-order valence-corrected chi connectivity index (χ1v) is 3.63. The zero-order chi connectivity index (χ0) is 9.56. The number of carbonyl (C=O) groups excluding carboxylic acids is 1. The van der Waals surface area contributed by atoms with Gasteiger partial charge in [-0.2, -0.15) is 0 Å². The highest BCUT2D eigenvalue weighted by Crippen LogP contribution is 2.04. The number of esters is 1. The van der Waals surface area contributed by atoms with Gasteiger partial charge in [-0.1, -0.05) is 19.6 Å². The molecule has 4 nitrogen and oxygen atoms in total. The Kier molecular flexibility index (Phi) is 4.76. The number of carbonyl (C=O) groups is 2. The molecular formula is C8H12O4. The second-order valence-corrected chi connectivity index (χ2v) is 2.22. The summed E-state index contributed by atoms with van der Waals surface area (Å²) in [5, 5.41) is 8.52. The SMILES string of the molecule is C=CCOC(=O)C(CC)C(=O)O. The average molecular weight is 172 g/mol. The van der Waals surface area contributed by atoms with E-state index in [1.807, 2.05) is 0 Å². The molecule has 0 radical (unpaired) electrons. The summed E-state index contributed by atoms with van der Waals surface area (Å²) in [4.78, 5) is 21.3. The van der Waals surface area contributed by atoms with Crippen LogP contribution < -0.4 is 0 Å². The summed E-state index contributed by atoms with van der Waals surface area (Å²) in [6.07, 6.45) is 1.64. The number of aliphatic carboxylic acids is 1.